The molecule has 0 saturated carbocycles. The van der Waals surface area contributed by atoms with Crippen molar-refractivity contribution >= 4 is 17.3 Å². The molecule has 0 fully saturated rings. The fourth-order valence-corrected chi connectivity index (χ4v) is 2.33. The maximum Gasteiger partial charge on any atom is 0.307 e. The van der Waals surface area contributed by atoms with Gasteiger partial charge in [-0.25, -0.2) is 0 Å². The summed E-state index contributed by atoms with van der Waals surface area (Å²) in [7, 11) is 0. The molecule has 25 heavy (non-hydrogen) atoms. The van der Waals surface area contributed by atoms with Crippen molar-refractivity contribution in [2.24, 2.45) is 0 Å². The second-order valence-corrected chi connectivity index (χ2v) is 5.50. The van der Waals surface area contributed by atoms with Gasteiger partial charge in [-0.2, -0.15) is 10.2 Å². The first-order chi connectivity index (χ1) is 12.0. The molecule has 1 unspecified atom stereocenters. The van der Waals surface area contributed by atoms with Crippen LogP contribution >= 0.6 is 0 Å². The van der Waals surface area contributed by atoms with Crippen LogP contribution in [0.2, 0.25) is 0 Å². The average molecular weight is 340 g/mol. The fourth-order valence-electron chi connectivity index (χ4n) is 2.33. The summed E-state index contributed by atoms with van der Waals surface area (Å²) in [6.07, 6.45) is 5.92. The van der Waals surface area contributed by atoms with Gasteiger partial charge in [0.2, 0.25) is 5.91 Å². The predicted octanol–water partition coefficient (Wildman–Crippen LogP) is 2.24. The number of anilines is 1. The van der Waals surface area contributed by atoms with E-state index in [9.17, 15) is 14.9 Å². The molecule has 1 atom stereocenters. The third kappa shape index (κ3) is 3.89. The van der Waals surface area contributed by atoms with Gasteiger partial charge >= 0.3 is 5.69 Å². The van der Waals surface area contributed by atoms with Crippen LogP contribution in [0.5, 0.6) is 0 Å². The van der Waals surface area contributed by atoms with Crippen molar-refractivity contribution in [1.29, 1.82) is 0 Å². The largest absolute Gasteiger partial charge is 0.324 e. The van der Waals surface area contributed by atoms with Crippen LogP contribution in [0.25, 0.3) is 0 Å². The third-order valence-corrected chi connectivity index (χ3v) is 3.67. The Hall–Kier alpha value is -3.49. The summed E-state index contributed by atoms with van der Waals surface area (Å²) in [5.41, 5.74) is 1.48. The highest BCUT2D eigenvalue weighted by Crippen LogP contribution is 2.16. The molecule has 0 aliphatic heterocycles. The summed E-state index contributed by atoms with van der Waals surface area (Å²) in [5.74, 6) is -0.311. The number of hydrogen-bond acceptors (Lipinski definition) is 5. The molecule has 3 rings (SSSR count). The van der Waals surface area contributed by atoms with E-state index in [1.165, 1.54) is 10.9 Å². The van der Waals surface area contributed by atoms with Crippen LogP contribution in [0.3, 0.4) is 0 Å². The minimum atomic E-state index is -0.677. The second kappa shape index (κ2) is 6.95. The van der Waals surface area contributed by atoms with Crippen molar-refractivity contribution in [3.05, 3.63) is 70.8 Å². The lowest BCUT2D eigenvalue weighted by Gasteiger charge is -2.13. The molecule has 0 aliphatic rings. The van der Waals surface area contributed by atoms with Crippen molar-refractivity contribution in [1.82, 2.24) is 19.6 Å². The number of amides is 1. The number of carbonyl (C=O) groups excluding carboxylic acids is 1. The third-order valence-electron chi connectivity index (χ3n) is 3.67. The van der Waals surface area contributed by atoms with Crippen LogP contribution in [-0.4, -0.2) is 30.4 Å². The Balaban J connectivity index is 1.68. The molecule has 0 saturated heterocycles. The molecule has 0 spiro atoms. The van der Waals surface area contributed by atoms with Crippen molar-refractivity contribution < 1.29 is 9.72 Å². The minimum Gasteiger partial charge on any atom is -0.324 e. The van der Waals surface area contributed by atoms with Gasteiger partial charge in [-0.15, -0.1) is 0 Å². The van der Waals surface area contributed by atoms with E-state index in [1.807, 2.05) is 30.5 Å². The Labute approximate surface area is 143 Å². The lowest BCUT2D eigenvalue weighted by atomic mass is 10.2. The van der Waals surface area contributed by atoms with E-state index >= 15 is 0 Å². The summed E-state index contributed by atoms with van der Waals surface area (Å²) in [6, 6.07) is 8.59. The van der Waals surface area contributed by atoms with Crippen LogP contribution in [0.1, 0.15) is 18.5 Å². The zero-order chi connectivity index (χ0) is 17.8. The van der Waals surface area contributed by atoms with Crippen LogP contribution in [0.15, 0.2) is 55.1 Å². The molecule has 3 aromatic rings. The summed E-state index contributed by atoms with van der Waals surface area (Å²) >= 11 is 0. The first-order valence-electron chi connectivity index (χ1n) is 7.59. The van der Waals surface area contributed by atoms with E-state index in [0.717, 1.165) is 11.8 Å². The Morgan fingerprint density at radius 1 is 1.36 bits per heavy atom. The SMILES string of the molecule is CC(C(=O)Nc1cccc(Cn2cccn2)c1)n1cc([N+](=O)[O-])cn1. The molecule has 128 valence electrons. The Morgan fingerprint density at radius 3 is 2.88 bits per heavy atom. The highest BCUT2D eigenvalue weighted by Gasteiger charge is 2.19. The van der Waals surface area contributed by atoms with Crippen molar-refractivity contribution in [2.75, 3.05) is 5.32 Å². The monoisotopic (exact) mass is 340 g/mol. The molecule has 9 heteroatoms. The molecule has 0 radical (unpaired) electrons. The number of nitrogens with zero attached hydrogens (tertiary/aromatic N) is 5. The van der Waals surface area contributed by atoms with E-state index in [4.69, 9.17) is 0 Å². The number of nitro groups is 1. The number of hydrogen-bond donors (Lipinski definition) is 1. The van der Waals surface area contributed by atoms with Gasteiger partial charge in [-0.1, -0.05) is 12.1 Å². The van der Waals surface area contributed by atoms with Gasteiger partial charge < -0.3 is 5.32 Å². The van der Waals surface area contributed by atoms with Gasteiger partial charge in [0.05, 0.1) is 11.5 Å². The number of benzene rings is 1. The van der Waals surface area contributed by atoms with Gasteiger partial charge in [-0.05, 0) is 30.7 Å². The molecule has 2 heterocycles. The fraction of sp³-hybridized carbons (Fsp3) is 0.188. The maximum atomic E-state index is 12.4. The number of carbonyl (C=O) groups is 1. The first-order valence-corrected chi connectivity index (χ1v) is 7.59. The van der Waals surface area contributed by atoms with E-state index in [0.29, 0.717) is 12.2 Å². The molecular weight excluding hydrogens is 324 g/mol. The lowest BCUT2D eigenvalue weighted by molar-refractivity contribution is -0.385. The zero-order valence-electron chi connectivity index (χ0n) is 13.4. The molecule has 1 N–H and O–H groups in total. The van der Waals surface area contributed by atoms with E-state index in [-0.39, 0.29) is 11.6 Å². The molecule has 2 aromatic heterocycles. The van der Waals surface area contributed by atoms with Crippen molar-refractivity contribution in [2.45, 2.75) is 19.5 Å². The molecule has 9 nitrogen and oxygen atoms in total. The normalized spacial score (nSPS) is 11.9. The van der Waals surface area contributed by atoms with Crippen molar-refractivity contribution in [3.63, 3.8) is 0 Å². The van der Waals surface area contributed by atoms with Crippen LogP contribution < -0.4 is 5.32 Å². The van der Waals surface area contributed by atoms with Gasteiger partial charge in [0.1, 0.15) is 18.4 Å². The summed E-state index contributed by atoms with van der Waals surface area (Å²) in [4.78, 5) is 22.5. The number of aromatic nitrogens is 4. The Kier molecular flexibility index (Phi) is 4.55. The number of rotatable bonds is 6. The molecular formula is C16H16N6O3. The highest BCUT2D eigenvalue weighted by atomic mass is 16.6. The minimum absolute atomic E-state index is 0.152. The second-order valence-electron chi connectivity index (χ2n) is 5.50. The van der Waals surface area contributed by atoms with Gasteiger partial charge in [0, 0.05) is 18.1 Å². The van der Waals surface area contributed by atoms with E-state index < -0.39 is 11.0 Å². The van der Waals surface area contributed by atoms with Crippen molar-refractivity contribution in [3.8, 4) is 0 Å². The maximum absolute atomic E-state index is 12.4. The van der Waals surface area contributed by atoms with Crippen LogP contribution in [-0.2, 0) is 11.3 Å². The quantitative estimate of drug-likeness (QED) is 0.547. The van der Waals surface area contributed by atoms with Gasteiger partial charge in [-0.3, -0.25) is 24.3 Å². The van der Waals surface area contributed by atoms with E-state index in [1.54, 1.807) is 23.9 Å². The van der Waals surface area contributed by atoms with Gasteiger partial charge in [0.15, 0.2) is 0 Å². The lowest BCUT2D eigenvalue weighted by Crippen LogP contribution is -2.24. The first kappa shape index (κ1) is 16.4. The number of nitrogens with one attached hydrogen (secondary N) is 1. The summed E-state index contributed by atoms with van der Waals surface area (Å²) < 4.78 is 3.05. The molecule has 0 bridgehead atoms. The molecule has 0 aliphatic carbocycles. The summed E-state index contributed by atoms with van der Waals surface area (Å²) in [5, 5.41) is 21.5. The van der Waals surface area contributed by atoms with Gasteiger partial charge in [0.25, 0.3) is 0 Å². The average Bonchev–Trinajstić information content (AvgIpc) is 3.26. The zero-order valence-corrected chi connectivity index (χ0v) is 13.4. The smallest absolute Gasteiger partial charge is 0.307 e. The van der Waals surface area contributed by atoms with Crippen LogP contribution in [0, 0.1) is 10.1 Å². The van der Waals surface area contributed by atoms with Crippen LogP contribution in [0.4, 0.5) is 11.4 Å². The molecule has 1 aromatic carbocycles. The Morgan fingerprint density at radius 2 is 2.20 bits per heavy atom. The topological polar surface area (TPSA) is 108 Å². The summed E-state index contributed by atoms with van der Waals surface area (Å²) in [6.45, 7) is 2.22. The van der Waals surface area contributed by atoms with E-state index in [2.05, 4.69) is 15.5 Å². The Bertz CT molecular complexity index is 887. The standard InChI is InChI=1S/C16H16N6O3/c1-12(21-11-15(9-18-21)22(24)25)16(23)19-14-5-2-4-13(8-14)10-20-7-3-6-17-20/h2-9,11-12H,10H2,1H3,(H,19,23). The highest BCUT2D eigenvalue weighted by molar-refractivity contribution is 5.93. The molecule has 1 amide bonds. The predicted molar refractivity (Wildman–Crippen MR) is 90.0 cm³/mol.